The molecular weight excluding hydrogens is 288 g/mol. The van der Waals surface area contributed by atoms with Crippen molar-refractivity contribution in [1.82, 2.24) is 5.32 Å². The SMILES string of the molecule is NC(=O)[C@@H](N)CCC[C@H]1NC(=S)N(c2ccccc2)C1=O. The van der Waals surface area contributed by atoms with Crippen LogP contribution < -0.4 is 21.7 Å². The van der Waals surface area contributed by atoms with Crippen LogP contribution in [0.15, 0.2) is 30.3 Å². The van der Waals surface area contributed by atoms with Gasteiger partial charge in [-0.1, -0.05) is 18.2 Å². The first-order chi connectivity index (χ1) is 10.0. The number of para-hydroxylation sites is 1. The summed E-state index contributed by atoms with van der Waals surface area (Å²) in [5.74, 6) is -0.610. The van der Waals surface area contributed by atoms with Gasteiger partial charge in [0.1, 0.15) is 6.04 Å². The Hall–Kier alpha value is -1.99. The molecule has 2 rings (SSSR count). The number of rotatable bonds is 6. The van der Waals surface area contributed by atoms with Crippen LogP contribution in [-0.4, -0.2) is 29.0 Å². The second-order valence-corrected chi connectivity index (χ2v) is 5.34. The molecule has 0 unspecified atom stereocenters. The third-order valence-corrected chi connectivity index (χ3v) is 3.71. The summed E-state index contributed by atoms with van der Waals surface area (Å²) >= 11 is 5.22. The number of amides is 2. The molecule has 1 fully saturated rings. The molecule has 0 aromatic heterocycles. The molecule has 1 heterocycles. The first kappa shape index (κ1) is 15.4. The van der Waals surface area contributed by atoms with Gasteiger partial charge in [0.15, 0.2) is 5.11 Å². The van der Waals surface area contributed by atoms with Crippen molar-refractivity contribution in [1.29, 1.82) is 0 Å². The number of carbonyl (C=O) groups is 2. The monoisotopic (exact) mass is 306 g/mol. The second kappa shape index (κ2) is 6.64. The van der Waals surface area contributed by atoms with Crippen molar-refractivity contribution >= 4 is 34.8 Å². The predicted molar refractivity (Wildman–Crippen MR) is 84.5 cm³/mol. The maximum absolute atomic E-state index is 12.4. The Bertz CT molecular complexity index is 549. The zero-order chi connectivity index (χ0) is 15.4. The molecule has 5 N–H and O–H groups in total. The molecule has 1 aliphatic heterocycles. The number of thiocarbonyl (C=S) groups is 1. The Labute approximate surface area is 128 Å². The topological polar surface area (TPSA) is 101 Å². The molecule has 1 saturated heterocycles. The van der Waals surface area contributed by atoms with Crippen LogP contribution in [0.4, 0.5) is 5.69 Å². The molecule has 0 aliphatic carbocycles. The lowest BCUT2D eigenvalue weighted by molar-refractivity contribution is -0.119. The van der Waals surface area contributed by atoms with Crippen LogP contribution in [0, 0.1) is 0 Å². The summed E-state index contributed by atoms with van der Waals surface area (Å²) in [6.45, 7) is 0. The molecule has 21 heavy (non-hydrogen) atoms. The molecule has 0 bridgehead atoms. The fraction of sp³-hybridized carbons (Fsp3) is 0.357. The molecule has 7 heteroatoms. The maximum Gasteiger partial charge on any atom is 0.255 e. The summed E-state index contributed by atoms with van der Waals surface area (Å²) in [7, 11) is 0. The number of nitrogens with zero attached hydrogens (tertiary/aromatic N) is 1. The van der Waals surface area contributed by atoms with Crippen molar-refractivity contribution in [2.24, 2.45) is 11.5 Å². The van der Waals surface area contributed by atoms with Gasteiger partial charge in [-0.2, -0.15) is 0 Å². The predicted octanol–water partition coefficient (Wildman–Crippen LogP) is 0.259. The Morgan fingerprint density at radius 1 is 1.38 bits per heavy atom. The maximum atomic E-state index is 12.4. The molecule has 2 amide bonds. The smallest absolute Gasteiger partial charge is 0.255 e. The van der Waals surface area contributed by atoms with E-state index in [0.717, 1.165) is 5.69 Å². The van der Waals surface area contributed by atoms with E-state index in [0.29, 0.717) is 24.4 Å². The standard InChI is InChI=1S/C14H18N4O2S/c15-10(12(16)19)7-4-8-11-13(20)18(14(21)17-11)9-5-2-1-3-6-9/h1-3,5-6,10-11H,4,7-8,15H2,(H2,16,19)(H,17,21)/t10-,11+/m0/s1. The van der Waals surface area contributed by atoms with E-state index < -0.39 is 11.9 Å². The number of anilines is 1. The van der Waals surface area contributed by atoms with Gasteiger partial charge >= 0.3 is 0 Å². The molecule has 0 radical (unpaired) electrons. The average molecular weight is 306 g/mol. The molecule has 112 valence electrons. The summed E-state index contributed by atoms with van der Waals surface area (Å²) in [6.07, 6.45) is 1.64. The number of primary amides is 1. The van der Waals surface area contributed by atoms with Gasteiger partial charge in [-0.15, -0.1) is 0 Å². The summed E-state index contributed by atoms with van der Waals surface area (Å²) in [6, 6.07) is 8.20. The van der Waals surface area contributed by atoms with Gasteiger partial charge in [-0.3, -0.25) is 14.5 Å². The molecule has 0 saturated carbocycles. The third-order valence-electron chi connectivity index (χ3n) is 3.41. The van der Waals surface area contributed by atoms with Crippen molar-refractivity contribution in [3.8, 4) is 0 Å². The van der Waals surface area contributed by atoms with Crippen LogP contribution >= 0.6 is 12.2 Å². The minimum atomic E-state index is -0.668. The summed E-state index contributed by atoms with van der Waals surface area (Å²) in [5, 5.41) is 3.40. The van der Waals surface area contributed by atoms with Crippen LogP contribution in [0.3, 0.4) is 0 Å². The lowest BCUT2D eigenvalue weighted by Gasteiger charge is -2.14. The van der Waals surface area contributed by atoms with Crippen LogP contribution in [0.25, 0.3) is 0 Å². The molecular formula is C14H18N4O2S. The van der Waals surface area contributed by atoms with Crippen LogP contribution in [-0.2, 0) is 9.59 Å². The van der Waals surface area contributed by atoms with Gasteiger partial charge in [-0.25, -0.2) is 0 Å². The highest BCUT2D eigenvalue weighted by Gasteiger charge is 2.35. The molecule has 1 aliphatic rings. The lowest BCUT2D eigenvalue weighted by Crippen LogP contribution is -2.37. The number of nitrogens with two attached hydrogens (primary N) is 2. The largest absolute Gasteiger partial charge is 0.368 e. The van der Waals surface area contributed by atoms with Crippen LogP contribution in [0.2, 0.25) is 0 Å². The first-order valence-electron chi connectivity index (χ1n) is 6.75. The Balaban J connectivity index is 1.94. The molecule has 1 aromatic carbocycles. The van der Waals surface area contributed by atoms with E-state index in [1.807, 2.05) is 30.3 Å². The first-order valence-corrected chi connectivity index (χ1v) is 7.16. The minimum absolute atomic E-state index is 0.0844. The average Bonchev–Trinajstić information content (AvgIpc) is 2.74. The fourth-order valence-electron chi connectivity index (χ4n) is 2.23. The summed E-state index contributed by atoms with van der Waals surface area (Å²) < 4.78 is 0. The minimum Gasteiger partial charge on any atom is -0.368 e. The third kappa shape index (κ3) is 3.56. The van der Waals surface area contributed by atoms with E-state index in [2.05, 4.69) is 5.32 Å². The highest BCUT2D eigenvalue weighted by Crippen LogP contribution is 2.21. The van der Waals surface area contributed by atoms with E-state index >= 15 is 0 Å². The molecule has 6 nitrogen and oxygen atoms in total. The number of hydrogen-bond acceptors (Lipinski definition) is 4. The van der Waals surface area contributed by atoms with Crippen molar-refractivity contribution < 1.29 is 9.59 Å². The van der Waals surface area contributed by atoms with E-state index in [1.165, 1.54) is 4.90 Å². The highest BCUT2D eigenvalue weighted by atomic mass is 32.1. The number of hydrogen-bond donors (Lipinski definition) is 3. The number of benzene rings is 1. The summed E-state index contributed by atoms with van der Waals surface area (Å²) in [5.41, 5.74) is 11.4. The van der Waals surface area contributed by atoms with Gasteiger partial charge in [0.2, 0.25) is 5.91 Å². The molecule has 2 atom stereocenters. The normalized spacial score (nSPS) is 19.5. The van der Waals surface area contributed by atoms with Gasteiger partial charge in [0.05, 0.1) is 11.7 Å². The van der Waals surface area contributed by atoms with E-state index in [4.69, 9.17) is 23.7 Å². The summed E-state index contributed by atoms with van der Waals surface area (Å²) in [4.78, 5) is 24.7. The van der Waals surface area contributed by atoms with Crippen molar-refractivity contribution in [3.05, 3.63) is 30.3 Å². The number of nitrogens with one attached hydrogen (secondary N) is 1. The van der Waals surface area contributed by atoms with Crippen molar-refractivity contribution in [3.63, 3.8) is 0 Å². The van der Waals surface area contributed by atoms with Gasteiger partial charge in [0, 0.05) is 0 Å². The zero-order valence-electron chi connectivity index (χ0n) is 11.5. The van der Waals surface area contributed by atoms with E-state index in [1.54, 1.807) is 0 Å². The van der Waals surface area contributed by atoms with Gasteiger partial charge < -0.3 is 16.8 Å². The highest BCUT2D eigenvalue weighted by molar-refractivity contribution is 7.80. The lowest BCUT2D eigenvalue weighted by atomic mass is 10.1. The van der Waals surface area contributed by atoms with Crippen LogP contribution in [0.5, 0.6) is 0 Å². The van der Waals surface area contributed by atoms with Crippen molar-refractivity contribution in [2.45, 2.75) is 31.3 Å². The molecule has 0 spiro atoms. The Morgan fingerprint density at radius 2 is 2.05 bits per heavy atom. The van der Waals surface area contributed by atoms with E-state index in [-0.39, 0.29) is 11.9 Å². The van der Waals surface area contributed by atoms with Gasteiger partial charge in [-0.05, 0) is 43.6 Å². The van der Waals surface area contributed by atoms with Crippen molar-refractivity contribution in [2.75, 3.05) is 4.90 Å². The zero-order valence-corrected chi connectivity index (χ0v) is 12.3. The Kier molecular flexibility index (Phi) is 4.87. The number of carbonyl (C=O) groups excluding carboxylic acids is 2. The molecule has 1 aromatic rings. The quantitative estimate of drug-likeness (QED) is 0.654. The van der Waals surface area contributed by atoms with Gasteiger partial charge in [0.25, 0.3) is 5.91 Å². The van der Waals surface area contributed by atoms with Crippen LogP contribution in [0.1, 0.15) is 19.3 Å². The second-order valence-electron chi connectivity index (χ2n) is 4.95. The van der Waals surface area contributed by atoms with E-state index in [9.17, 15) is 9.59 Å². The Morgan fingerprint density at radius 3 is 2.67 bits per heavy atom. The fourth-order valence-corrected chi connectivity index (χ4v) is 2.57.